The average Bonchev–Trinajstić information content (AvgIpc) is 2.94. The number of anilines is 2. The van der Waals surface area contributed by atoms with Gasteiger partial charge < -0.3 is 20.1 Å². The van der Waals surface area contributed by atoms with Crippen LogP contribution in [0.1, 0.15) is 10.4 Å². The van der Waals surface area contributed by atoms with Crippen LogP contribution in [0.25, 0.3) is 0 Å². The molecule has 0 aliphatic carbocycles. The summed E-state index contributed by atoms with van der Waals surface area (Å²) in [6.07, 6.45) is 1.46. The predicted octanol–water partition coefficient (Wildman–Crippen LogP) is 2.76. The topological polar surface area (TPSA) is 72.5 Å². The Morgan fingerprint density at radius 2 is 2.10 bits per heavy atom. The van der Waals surface area contributed by atoms with Crippen LogP contribution in [0.2, 0.25) is 5.02 Å². The number of nitrogens with one attached hydrogen (secondary N) is 2. The van der Waals surface area contributed by atoms with Gasteiger partial charge in [0.25, 0.3) is 5.91 Å². The molecule has 2 N–H and O–H groups in total. The van der Waals surface area contributed by atoms with E-state index >= 15 is 0 Å². The van der Waals surface area contributed by atoms with Crippen LogP contribution in [0, 0.1) is 0 Å². The van der Waals surface area contributed by atoms with Crippen molar-refractivity contribution in [2.24, 2.45) is 0 Å². The number of rotatable bonds is 3. The molecule has 108 valence electrons. The first-order chi connectivity index (χ1) is 10.2. The third-order valence-electron chi connectivity index (χ3n) is 2.97. The lowest BCUT2D eigenvalue weighted by Crippen LogP contribution is -2.12. The Bertz CT molecular complexity index is 706. The van der Waals surface area contributed by atoms with E-state index < -0.39 is 0 Å². The molecule has 2 aromatic rings. The molecule has 0 atom stereocenters. The molecule has 0 saturated heterocycles. The van der Waals surface area contributed by atoms with E-state index in [-0.39, 0.29) is 12.7 Å². The second kappa shape index (κ2) is 5.49. The summed E-state index contributed by atoms with van der Waals surface area (Å²) in [6.45, 7) is 0.192. The Hall–Kier alpha value is -2.47. The lowest BCUT2D eigenvalue weighted by molar-refractivity contribution is 0.102. The lowest BCUT2D eigenvalue weighted by Gasteiger charge is -2.08. The maximum atomic E-state index is 12.2. The summed E-state index contributed by atoms with van der Waals surface area (Å²) in [5, 5.41) is 5.98. The van der Waals surface area contributed by atoms with Crippen LogP contribution in [0.4, 0.5) is 11.5 Å². The molecule has 1 aliphatic heterocycles. The fourth-order valence-electron chi connectivity index (χ4n) is 1.92. The molecule has 6 nitrogen and oxygen atoms in total. The van der Waals surface area contributed by atoms with Gasteiger partial charge in [-0.3, -0.25) is 4.79 Å². The Morgan fingerprint density at radius 3 is 2.86 bits per heavy atom. The molecule has 1 aliphatic rings. The standard InChI is InChI=1S/C14H12ClN3O3/c1-16-13-10(15)4-8(6-17-13)14(19)18-9-2-3-11-12(5-9)21-7-20-11/h2-6H,7H2,1H3,(H,16,17)(H,18,19). The van der Waals surface area contributed by atoms with Crippen LogP contribution in [0.15, 0.2) is 30.5 Å². The number of ether oxygens (including phenoxy) is 2. The maximum Gasteiger partial charge on any atom is 0.257 e. The van der Waals surface area contributed by atoms with Crippen molar-refractivity contribution in [1.29, 1.82) is 0 Å². The van der Waals surface area contributed by atoms with E-state index in [1.165, 1.54) is 6.20 Å². The molecule has 0 fully saturated rings. The first kappa shape index (κ1) is 13.5. The fraction of sp³-hybridized carbons (Fsp3) is 0.143. The van der Waals surface area contributed by atoms with Gasteiger partial charge in [0, 0.05) is 25.0 Å². The number of carbonyl (C=O) groups is 1. The van der Waals surface area contributed by atoms with Crippen LogP contribution in [0.5, 0.6) is 11.5 Å². The van der Waals surface area contributed by atoms with Crippen LogP contribution in [-0.2, 0) is 0 Å². The Labute approximate surface area is 126 Å². The molecule has 0 bridgehead atoms. The van der Waals surface area contributed by atoms with Crippen LogP contribution in [0.3, 0.4) is 0 Å². The van der Waals surface area contributed by atoms with E-state index in [1.807, 2.05) is 0 Å². The molecule has 2 heterocycles. The van der Waals surface area contributed by atoms with Crippen molar-refractivity contribution in [2.45, 2.75) is 0 Å². The molecule has 0 saturated carbocycles. The number of hydrogen-bond donors (Lipinski definition) is 2. The minimum atomic E-state index is -0.300. The van der Waals surface area contributed by atoms with Crippen molar-refractivity contribution in [3.05, 3.63) is 41.0 Å². The zero-order chi connectivity index (χ0) is 14.8. The van der Waals surface area contributed by atoms with Gasteiger partial charge in [-0.1, -0.05) is 11.6 Å². The zero-order valence-electron chi connectivity index (χ0n) is 11.1. The summed E-state index contributed by atoms with van der Waals surface area (Å²) in [4.78, 5) is 16.2. The molecule has 0 radical (unpaired) electrons. The number of pyridine rings is 1. The quantitative estimate of drug-likeness (QED) is 0.912. The second-order valence-electron chi connectivity index (χ2n) is 4.33. The number of fused-ring (bicyclic) bond motifs is 1. The zero-order valence-corrected chi connectivity index (χ0v) is 11.9. The first-order valence-electron chi connectivity index (χ1n) is 6.21. The summed E-state index contributed by atoms with van der Waals surface area (Å²) in [5.74, 6) is 1.49. The van der Waals surface area contributed by atoms with Gasteiger partial charge in [-0.05, 0) is 18.2 Å². The molecule has 3 rings (SSSR count). The molecule has 1 aromatic heterocycles. The number of hydrogen-bond acceptors (Lipinski definition) is 5. The van der Waals surface area contributed by atoms with Gasteiger partial charge >= 0.3 is 0 Å². The molecule has 0 unspecified atom stereocenters. The average molecular weight is 306 g/mol. The largest absolute Gasteiger partial charge is 0.454 e. The Morgan fingerprint density at radius 1 is 1.29 bits per heavy atom. The number of halogens is 1. The third kappa shape index (κ3) is 2.71. The molecule has 1 aromatic carbocycles. The summed E-state index contributed by atoms with van der Waals surface area (Å²) in [5.41, 5.74) is 0.981. The van der Waals surface area contributed by atoms with Gasteiger partial charge in [-0.15, -0.1) is 0 Å². The number of nitrogens with zero attached hydrogens (tertiary/aromatic N) is 1. The van der Waals surface area contributed by atoms with Crippen molar-refractivity contribution in [3.8, 4) is 11.5 Å². The van der Waals surface area contributed by atoms with Crippen molar-refractivity contribution >= 4 is 29.0 Å². The van der Waals surface area contributed by atoms with E-state index in [0.717, 1.165) is 0 Å². The van der Waals surface area contributed by atoms with Crippen molar-refractivity contribution in [1.82, 2.24) is 4.98 Å². The Balaban J connectivity index is 1.78. The first-order valence-corrected chi connectivity index (χ1v) is 6.59. The molecule has 7 heteroatoms. The SMILES string of the molecule is CNc1ncc(C(=O)Nc2ccc3c(c2)OCO3)cc1Cl. The van der Waals surface area contributed by atoms with Gasteiger partial charge in [-0.2, -0.15) is 0 Å². The summed E-state index contributed by atoms with van der Waals surface area (Å²) >= 11 is 6.01. The molecular weight excluding hydrogens is 294 g/mol. The molecular formula is C14H12ClN3O3. The molecule has 0 spiro atoms. The minimum Gasteiger partial charge on any atom is -0.454 e. The Kier molecular flexibility index (Phi) is 3.53. The van der Waals surface area contributed by atoms with Gasteiger partial charge in [-0.25, -0.2) is 4.98 Å². The second-order valence-corrected chi connectivity index (χ2v) is 4.73. The highest BCUT2D eigenvalue weighted by molar-refractivity contribution is 6.33. The van der Waals surface area contributed by atoms with E-state index in [0.29, 0.717) is 33.6 Å². The van der Waals surface area contributed by atoms with Crippen molar-refractivity contribution in [2.75, 3.05) is 24.5 Å². The summed E-state index contributed by atoms with van der Waals surface area (Å²) in [6, 6.07) is 6.75. The number of carbonyl (C=O) groups excluding carboxylic acids is 1. The van der Waals surface area contributed by atoms with E-state index in [4.69, 9.17) is 21.1 Å². The van der Waals surface area contributed by atoms with E-state index in [1.54, 1.807) is 31.3 Å². The van der Waals surface area contributed by atoms with E-state index in [2.05, 4.69) is 15.6 Å². The summed E-state index contributed by atoms with van der Waals surface area (Å²) < 4.78 is 10.5. The van der Waals surface area contributed by atoms with Gasteiger partial charge in [0.15, 0.2) is 11.5 Å². The number of amides is 1. The maximum absolute atomic E-state index is 12.2. The third-order valence-corrected chi connectivity index (χ3v) is 3.26. The minimum absolute atomic E-state index is 0.192. The smallest absolute Gasteiger partial charge is 0.257 e. The van der Waals surface area contributed by atoms with Gasteiger partial charge in [0.1, 0.15) is 5.82 Å². The van der Waals surface area contributed by atoms with Crippen LogP contribution >= 0.6 is 11.6 Å². The van der Waals surface area contributed by atoms with Gasteiger partial charge in [0.05, 0.1) is 10.6 Å². The highest BCUT2D eigenvalue weighted by Gasteiger charge is 2.15. The number of benzene rings is 1. The number of aromatic nitrogens is 1. The normalized spacial score (nSPS) is 12.1. The summed E-state index contributed by atoms with van der Waals surface area (Å²) in [7, 11) is 1.71. The predicted molar refractivity (Wildman–Crippen MR) is 79.3 cm³/mol. The van der Waals surface area contributed by atoms with Crippen LogP contribution in [-0.4, -0.2) is 24.7 Å². The highest BCUT2D eigenvalue weighted by Crippen LogP contribution is 2.34. The van der Waals surface area contributed by atoms with Crippen molar-refractivity contribution < 1.29 is 14.3 Å². The van der Waals surface area contributed by atoms with Crippen molar-refractivity contribution in [3.63, 3.8) is 0 Å². The molecule has 1 amide bonds. The fourth-order valence-corrected chi connectivity index (χ4v) is 2.18. The van der Waals surface area contributed by atoms with Crippen LogP contribution < -0.4 is 20.1 Å². The lowest BCUT2D eigenvalue weighted by atomic mass is 10.2. The molecule has 21 heavy (non-hydrogen) atoms. The highest BCUT2D eigenvalue weighted by atomic mass is 35.5. The monoisotopic (exact) mass is 305 g/mol. The van der Waals surface area contributed by atoms with Gasteiger partial charge in [0.2, 0.25) is 6.79 Å². The van der Waals surface area contributed by atoms with E-state index in [9.17, 15) is 4.79 Å².